The molecular formula is C23H19FN2O4S2. The number of nitrogens with zero attached hydrogens (tertiary/aromatic N) is 1. The molecule has 3 aromatic carbocycles. The van der Waals surface area contributed by atoms with Gasteiger partial charge in [-0.2, -0.15) is 0 Å². The number of anilines is 1. The van der Waals surface area contributed by atoms with Crippen LogP contribution < -0.4 is 14.2 Å². The van der Waals surface area contributed by atoms with Gasteiger partial charge in [0, 0.05) is 22.6 Å². The zero-order chi connectivity index (χ0) is 22.7. The van der Waals surface area contributed by atoms with E-state index in [1.54, 1.807) is 47.8 Å². The highest BCUT2D eigenvalue weighted by Crippen LogP contribution is 2.35. The van der Waals surface area contributed by atoms with Gasteiger partial charge >= 0.3 is 0 Å². The predicted octanol–water partition coefficient (Wildman–Crippen LogP) is 5.43. The van der Waals surface area contributed by atoms with Gasteiger partial charge in [-0.1, -0.05) is 30.3 Å². The Bertz CT molecular complexity index is 1370. The molecule has 0 saturated heterocycles. The van der Waals surface area contributed by atoms with Crippen LogP contribution in [0.5, 0.6) is 11.5 Å². The number of thiazole rings is 1. The molecule has 0 spiro atoms. The number of aromatic nitrogens is 1. The highest BCUT2D eigenvalue weighted by atomic mass is 32.2. The molecule has 1 N–H and O–H groups in total. The highest BCUT2D eigenvalue weighted by molar-refractivity contribution is 7.92. The second-order valence-electron chi connectivity index (χ2n) is 6.69. The van der Waals surface area contributed by atoms with Crippen molar-refractivity contribution >= 4 is 27.0 Å². The summed E-state index contributed by atoms with van der Waals surface area (Å²) >= 11 is 1.28. The maximum absolute atomic E-state index is 14.1. The Kier molecular flexibility index (Phi) is 6.11. The Labute approximate surface area is 189 Å². The predicted molar refractivity (Wildman–Crippen MR) is 123 cm³/mol. The van der Waals surface area contributed by atoms with E-state index in [1.807, 2.05) is 0 Å². The monoisotopic (exact) mass is 470 g/mol. The second kappa shape index (κ2) is 8.97. The fourth-order valence-electron chi connectivity index (χ4n) is 3.14. The summed E-state index contributed by atoms with van der Waals surface area (Å²) in [6.45, 7) is 0. The smallest absolute Gasteiger partial charge is 0.262 e. The number of hydrogen-bond acceptors (Lipinski definition) is 6. The third-order valence-electron chi connectivity index (χ3n) is 4.72. The summed E-state index contributed by atoms with van der Waals surface area (Å²) < 4.78 is 53.2. The van der Waals surface area contributed by atoms with Gasteiger partial charge < -0.3 is 9.47 Å². The number of methoxy groups -OCH3 is 2. The first-order valence-corrected chi connectivity index (χ1v) is 11.8. The van der Waals surface area contributed by atoms with Crippen LogP contribution in [0.3, 0.4) is 0 Å². The fraction of sp³-hybridized carbons (Fsp3) is 0.0870. The Morgan fingerprint density at radius 2 is 1.59 bits per heavy atom. The standard InChI is InChI=1S/C23H19FN2O4S2/c1-29-21-12-11-15(13-22(21)30-2)32(27,28)26-19-10-6-4-8-17(19)20-14-31-23(25-20)16-7-3-5-9-18(16)24/h3-14,26H,1-2H3. The number of benzene rings is 3. The third kappa shape index (κ3) is 4.30. The molecule has 9 heteroatoms. The Balaban J connectivity index is 1.69. The summed E-state index contributed by atoms with van der Waals surface area (Å²) in [5, 5.41) is 2.28. The molecule has 0 amide bonds. The molecule has 0 bridgehead atoms. The van der Waals surface area contributed by atoms with Crippen LogP contribution in [-0.2, 0) is 10.0 Å². The SMILES string of the molecule is COc1ccc(S(=O)(=O)Nc2ccccc2-c2csc(-c3ccccc3F)n2)cc1OC. The van der Waals surface area contributed by atoms with Crippen LogP contribution >= 0.6 is 11.3 Å². The van der Waals surface area contributed by atoms with Gasteiger partial charge in [0.2, 0.25) is 0 Å². The van der Waals surface area contributed by atoms with E-state index in [4.69, 9.17) is 9.47 Å². The molecule has 1 heterocycles. The quantitative estimate of drug-likeness (QED) is 0.390. The lowest BCUT2D eigenvalue weighted by atomic mass is 10.1. The number of ether oxygens (including phenoxy) is 2. The van der Waals surface area contributed by atoms with E-state index in [0.717, 1.165) is 0 Å². The first-order valence-electron chi connectivity index (χ1n) is 9.47. The minimum absolute atomic E-state index is 0.0234. The van der Waals surface area contributed by atoms with Crippen LogP contribution in [0.2, 0.25) is 0 Å². The zero-order valence-corrected chi connectivity index (χ0v) is 18.8. The van der Waals surface area contributed by atoms with E-state index in [9.17, 15) is 12.8 Å². The minimum atomic E-state index is -3.92. The number of hydrogen-bond donors (Lipinski definition) is 1. The summed E-state index contributed by atoms with van der Waals surface area (Å²) in [4.78, 5) is 4.56. The van der Waals surface area contributed by atoms with Gasteiger partial charge in [0.15, 0.2) is 11.5 Å². The molecule has 0 fully saturated rings. The summed E-state index contributed by atoms with van der Waals surface area (Å²) in [5.74, 6) is 0.364. The van der Waals surface area contributed by atoms with E-state index in [1.165, 1.54) is 49.8 Å². The average molecular weight is 471 g/mol. The third-order valence-corrected chi connectivity index (χ3v) is 6.96. The van der Waals surface area contributed by atoms with Crippen molar-refractivity contribution in [1.29, 1.82) is 0 Å². The molecule has 1 aromatic heterocycles. The molecule has 0 aliphatic rings. The molecule has 4 aromatic rings. The van der Waals surface area contributed by atoms with Crippen LogP contribution in [0.1, 0.15) is 0 Å². The normalized spacial score (nSPS) is 11.2. The van der Waals surface area contributed by atoms with Crippen LogP contribution in [0.15, 0.2) is 77.0 Å². The molecule has 6 nitrogen and oxygen atoms in total. The lowest BCUT2D eigenvalue weighted by molar-refractivity contribution is 0.354. The zero-order valence-electron chi connectivity index (χ0n) is 17.2. The summed E-state index contributed by atoms with van der Waals surface area (Å²) in [5.41, 5.74) is 1.87. The maximum Gasteiger partial charge on any atom is 0.262 e. The number of halogens is 1. The summed E-state index contributed by atoms with van der Waals surface area (Å²) in [6, 6.07) is 17.7. The molecule has 0 radical (unpaired) electrons. The van der Waals surface area contributed by atoms with Gasteiger partial charge in [-0.3, -0.25) is 4.72 Å². The van der Waals surface area contributed by atoms with Gasteiger partial charge in [-0.15, -0.1) is 11.3 Å². The van der Waals surface area contributed by atoms with Gasteiger partial charge in [-0.05, 0) is 30.3 Å². The van der Waals surface area contributed by atoms with Crippen molar-refractivity contribution in [3.8, 4) is 33.3 Å². The van der Waals surface area contributed by atoms with Gasteiger partial charge in [0.25, 0.3) is 10.0 Å². The molecule has 0 aliphatic heterocycles. The van der Waals surface area contributed by atoms with Crippen molar-refractivity contribution < 1.29 is 22.3 Å². The molecule has 32 heavy (non-hydrogen) atoms. The second-order valence-corrected chi connectivity index (χ2v) is 9.23. The van der Waals surface area contributed by atoms with E-state index < -0.39 is 10.0 Å². The van der Waals surface area contributed by atoms with Crippen molar-refractivity contribution in [2.45, 2.75) is 4.90 Å². The first kappa shape index (κ1) is 21.8. The fourth-order valence-corrected chi connectivity index (χ4v) is 5.08. The average Bonchev–Trinajstić information content (AvgIpc) is 3.28. The van der Waals surface area contributed by atoms with Crippen LogP contribution in [0.4, 0.5) is 10.1 Å². The van der Waals surface area contributed by atoms with E-state index >= 15 is 0 Å². The van der Waals surface area contributed by atoms with E-state index in [-0.39, 0.29) is 10.7 Å². The van der Waals surface area contributed by atoms with Crippen molar-refractivity contribution in [1.82, 2.24) is 4.98 Å². The number of sulfonamides is 1. The van der Waals surface area contributed by atoms with Crippen molar-refractivity contribution in [3.63, 3.8) is 0 Å². The van der Waals surface area contributed by atoms with E-state index in [0.29, 0.717) is 39.0 Å². The molecule has 0 saturated carbocycles. The van der Waals surface area contributed by atoms with E-state index in [2.05, 4.69) is 9.71 Å². The Morgan fingerprint density at radius 1 is 0.906 bits per heavy atom. The van der Waals surface area contributed by atoms with Gasteiger partial charge in [0.05, 0.1) is 30.5 Å². The van der Waals surface area contributed by atoms with Gasteiger partial charge in [-0.25, -0.2) is 17.8 Å². The molecular weight excluding hydrogens is 451 g/mol. The number of rotatable bonds is 7. The Morgan fingerprint density at radius 3 is 2.31 bits per heavy atom. The topological polar surface area (TPSA) is 77.5 Å². The molecule has 164 valence electrons. The molecule has 4 rings (SSSR count). The number of nitrogens with one attached hydrogen (secondary N) is 1. The van der Waals surface area contributed by atoms with Crippen molar-refractivity contribution in [3.05, 3.63) is 77.9 Å². The molecule has 0 aliphatic carbocycles. The lowest BCUT2D eigenvalue weighted by Gasteiger charge is -2.13. The minimum Gasteiger partial charge on any atom is -0.493 e. The van der Waals surface area contributed by atoms with Gasteiger partial charge in [0.1, 0.15) is 10.8 Å². The van der Waals surface area contributed by atoms with Crippen molar-refractivity contribution in [2.24, 2.45) is 0 Å². The highest BCUT2D eigenvalue weighted by Gasteiger charge is 2.20. The van der Waals surface area contributed by atoms with Crippen LogP contribution in [-0.4, -0.2) is 27.6 Å². The first-order chi connectivity index (χ1) is 15.4. The lowest BCUT2D eigenvalue weighted by Crippen LogP contribution is -2.14. The number of para-hydroxylation sites is 1. The van der Waals surface area contributed by atoms with Crippen LogP contribution in [0.25, 0.3) is 21.8 Å². The molecule has 0 unspecified atom stereocenters. The summed E-state index contributed by atoms with van der Waals surface area (Å²) in [6.07, 6.45) is 0. The summed E-state index contributed by atoms with van der Waals surface area (Å²) in [7, 11) is -1.01. The largest absolute Gasteiger partial charge is 0.493 e. The van der Waals surface area contributed by atoms with Crippen molar-refractivity contribution in [2.75, 3.05) is 18.9 Å². The maximum atomic E-state index is 14.1. The Hall–Kier alpha value is -3.43. The van der Waals surface area contributed by atoms with Crippen LogP contribution in [0, 0.1) is 5.82 Å². The molecule has 0 atom stereocenters.